The Morgan fingerprint density at radius 2 is 1.73 bits per heavy atom. The summed E-state index contributed by atoms with van der Waals surface area (Å²) in [6.07, 6.45) is 4.02. The zero-order chi connectivity index (χ0) is 8.69. The van der Waals surface area contributed by atoms with E-state index in [2.05, 4.69) is 19.3 Å². The highest BCUT2D eigenvalue weighted by Crippen LogP contribution is 2.07. The van der Waals surface area contributed by atoms with Crippen LogP contribution in [0.15, 0.2) is 11.4 Å². The van der Waals surface area contributed by atoms with Crippen LogP contribution in [0.2, 0.25) is 0 Å². The maximum Gasteiger partial charge on any atom is 0.0446 e. The lowest BCUT2D eigenvalue weighted by Crippen LogP contribution is -2.24. The van der Waals surface area contributed by atoms with E-state index >= 15 is 0 Å². The Morgan fingerprint density at radius 1 is 1.18 bits per heavy atom. The molecule has 3 heteroatoms. The van der Waals surface area contributed by atoms with Crippen LogP contribution in [0.5, 0.6) is 0 Å². The van der Waals surface area contributed by atoms with Gasteiger partial charge in [0.1, 0.15) is 0 Å². The zero-order valence-electron chi connectivity index (χ0n) is 7.48. The zero-order valence-corrected chi connectivity index (χ0v) is 7.48. The van der Waals surface area contributed by atoms with Gasteiger partial charge in [0.05, 0.1) is 0 Å². The summed E-state index contributed by atoms with van der Waals surface area (Å²) >= 11 is 0. The fourth-order valence-corrected chi connectivity index (χ4v) is 0.996. The summed E-state index contributed by atoms with van der Waals surface area (Å²) in [7, 11) is 0. The van der Waals surface area contributed by atoms with Crippen LogP contribution in [0.4, 0.5) is 0 Å². The molecule has 0 aromatic carbocycles. The molecule has 0 rings (SSSR count). The van der Waals surface area contributed by atoms with E-state index in [0.29, 0.717) is 0 Å². The predicted molar refractivity (Wildman–Crippen MR) is 48.4 cm³/mol. The van der Waals surface area contributed by atoms with Crippen molar-refractivity contribution in [3.63, 3.8) is 0 Å². The molecule has 11 heavy (non-hydrogen) atoms. The molecule has 3 nitrogen and oxygen atoms in total. The third-order valence-corrected chi connectivity index (χ3v) is 1.58. The van der Waals surface area contributed by atoms with Crippen molar-refractivity contribution in [2.45, 2.75) is 39.5 Å². The Bertz CT molecular complexity index is 129. The predicted octanol–water partition coefficient (Wildman–Crippen LogP) is 1.22. The van der Waals surface area contributed by atoms with Crippen LogP contribution in [0.1, 0.15) is 39.5 Å². The Labute approximate surface area is 68.8 Å². The molecule has 0 aliphatic heterocycles. The van der Waals surface area contributed by atoms with Gasteiger partial charge in [-0.05, 0) is 12.8 Å². The second kappa shape index (κ2) is 6.04. The highest BCUT2D eigenvalue weighted by molar-refractivity contribution is 5.07. The van der Waals surface area contributed by atoms with Crippen molar-refractivity contribution in [2.24, 2.45) is 11.6 Å². The molecule has 0 aromatic heterocycles. The summed E-state index contributed by atoms with van der Waals surface area (Å²) in [6, 6.07) is 0. The Kier molecular flexibility index (Phi) is 5.65. The maximum atomic E-state index is 5.76. The Hall–Kier alpha value is -0.700. The SMILES string of the molecule is CCC/C(N)=C(\CCC)NN. The van der Waals surface area contributed by atoms with E-state index in [-0.39, 0.29) is 0 Å². The molecule has 5 N–H and O–H groups in total. The van der Waals surface area contributed by atoms with Crippen molar-refractivity contribution < 1.29 is 0 Å². The van der Waals surface area contributed by atoms with Crippen LogP contribution in [0.3, 0.4) is 0 Å². The van der Waals surface area contributed by atoms with Gasteiger partial charge >= 0.3 is 0 Å². The minimum absolute atomic E-state index is 0.900. The van der Waals surface area contributed by atoms with Gasteiger partial charge in [-0.1, -0.05) is 26.7 Å². The molecule has 0 unspecified atom stereocenters. The van der Waals surface area contributed by atoms with Gasteiger partial charge in [-0.25, -0.2) is 0 Å². The molecular formula is C8H19N3. The molecule has 0 aliphatic carbocycles. The number of allylic oxidation sites excluding steroid dienone is 2. The largest absolute Gasteiger partial charge is 0.401 e. The fraction of sp³-hybridized carbons (Fsp3) is 0.750. The second-order valence-electron chi connectivity index (χ2n) is 2.65. The number of nitrogens with two attached hydrogens (primary N) is 2. The topological polar surface area (TPSA) is 64.1 Å². The van der Waals surface area contributed by atoms with E-state index in [0.717, 1.165) is 37.1 Å². The molecule has 0 aliphatic rings. The average molecular weight is 157 g/mol. The quantitative estimate of drug-likeness (QED) is 0.415. The normalized spacial score (nSPS) is 12.6. The number of hydrogen-bond donors (Lipinski definition) is 3. The standard InChI is InChI=1S/C8H19N3/c1-3-5-7(9)8(11-10)6-4-2/h11H,3-6,9-10H2,1-2H3/b8-7-. The molecule has 0 bridgehead atoms. The fourth-order valence-electron chi connectivity index (χ4n) is 0.996. The van der Waals surface area contributed by atoms with Crippen molar-refractivity contribution in [1.82, 2.24) is 5.43 Å². The van der Waals surface area contributed by atoms with Crippen LogP contribution in [0, 0.1) is 0 Å². The third kappa shape index (κ3) is 3.88. The lowest BCUT2D eigenvalue weighted by molar-refractivity contribution is 0.730. The highest BCUT2D eigenvalue weighted by atomic mass is 15.2. The first-order chi connectivity index (χ1) is 5.26. The first-order valence-electron chi connectivity index (χ1n) is 4.20. The van der Waals surface area contributed by atoms with Gasteiger partial charge in [-0.3, -0.25) is 5.84 Å². The molecule has 0 radical (unpaired) electrons. The van der Waals surface area contributed by atoms with Gasteiger partial charge in [0.2, 0.25) is 0 Å². The van der Waals surface area contributed by atoms with E-state index in [1.54, 1.807) is 0 Å². The first-order valence-corrected chi connectivity index (χ1v) is 4.20. The lowest BCUT2D eigenvalue weighted by atomic mass is 10.1. The van der Waals surface area contributed by atoms with Crippen LogP contribution < -0.4 is 17.0 Å². The average Bonchev–Trinajstić information content (AvgIpc) is 2.00. The molecular weight excluding hydrogens is 138 g/mol. The Morgan fingerprint density at radius 3 is 2.09 bits per heavy atom. The van der Waals surface area contributed by atoms with E-state index < -0.39 is 0 Å². The summed E-state index contributed by atoms with van der Waals surface area (Å²) < 4.78 is 0. The molecule has 0 spiro atoms. The van der Waals surface area contributed by atoms with E-state index in [1.807, 2.05) is 0 Å². The van der Waals surface area contributed by atoms with E-state index in [9.17, 15) is 0 Å². The monoisotopic (exact) mass is 157 g/mol. The molecule has 0 atom stereocenters. The Balaban J connectivity index is 4.02. The smallest absolute Gasteiger partial charge is 0.0446 e. The van der Waals surface area contributed by atoms with Gasteiger partial charge < -0.3 is 11.2 Å². The van der Waals surface area contributed by atoms with Crippen LogP contribution in [0.25, 0.3) is 0 Å². The number of hydrazine groups is 1. The molecule has 0 saturated heterocycles. The minimum atomic E-state index is 0.900. The number of hydrogen-bond acceptors (Lipinski definition) is 3. The van der Waals surface area contributed by atoms with Crippen molar-refractivity contribution in [1.29, 1.82) is 0 Å². The van der Waals surface area contributed by atoms with Gasteiger partial charge in [0.25, 0.3) is 0 Å². The van der Waals surface area contributed by atoms with Gasteiger partial charge in [0, 0.05) is 11.4 Å². The van der Waals surface area contributed by atoms with Crippen LogP contribution in [-0.2, 0) is 0 Å². The van der Waals surface area contributed by atoms with Gasteiger partial charge in [-0.2, -0.15) is 0 Å². The summed E-state index contributed by atoms with van der Waals surface area (Å²) in [5.74, 6) is 5.30. The molecule has 0 fully saturated rings. The summed E-state index contributed by atoms with van der Waals surface area (Å²) in [4.78, 5) is 0. The highest BCUT2D eigenvalue weighted by Gasteiger charge is 1.98. The minimum Gasteiger partial charge on any atom is -0.401 e. The van der Waals surface area contributed by atoms with E-state index in [4.69, 9.17) is 11.6 Å². The number of rotatable bonds is 5. The maximum absolute atomic E-state index is 5.76. The lowest BCUT2D eigenvalue weighted by Gasteiger charge is -2.09. The van der Waals surface area contributed by atoms with Crippen molar-refractivity contribution in [2.75, 3.05) is 0 Å². The first kappa shape index (κ1) is 10.3. The second-order valence-corrected chi connectivity index (χ2v) is 2.65. The molecule has 0 saturated carbocycles. The molecule has 0 heterocycles. The number of nitrogens with one attached hydrogen (secondary N) is 1. The van der Waals surface area contributed by atoms with Gasteiger partial charge in [-0.15, -0.1) is 0 Å². The third-order valence-electron chi connectivity index (χ3n) is 1.58. The van der Waals surface area contributed by atoms with Crippen molar-refractivity contribution >= 4 is 0 Å². The van der Waals surface area contributed by atoms with Crippen molar-refractivity contribution in [3.05, 3.63) is 11.4 Å². The molecule has 0 amide bonds. The molecule has 0 aromatic rings. The van der Waals surface area contributed by atoms with E-state index in [1.165, 1.54) is 0 Å². The van der Waals surface area contributed by atoms with Crippen LogP contribution >= 0.6 is 0 Å². The van der Waals surface area contributed by atoms with Gasteiger partial charge in [0.15, 0.2) is 0 Å². The summed E-state index contributed by atoms with van der Waals surface area (Å²) in [5.41, 5.74) is 10.3. The van der Waals surface area contributed by atoms with Crippen molar-refractivity contribution in [3.8, 4) is 0 Å². The summed E-state index contributed by atoms with van der Waals surface area (Å²) in [5, 5.41) is 0. The molecule has 66 valence electrons. The van der Waals surface area contributed by atoms with Crippen LogP contribution in [-0.4, -0.2) is 0 Å². The summed E-state index contributed by atoms with van der Waals surface area (Å²) in [6.45, 7) is 4.21.